The molecule has 1 aliphatic rings. The average Bonchev–Trinajstić information content (AvgIpc) is 3.05. The van der Waals surface area contributed by atoms with Crippen molar-refractivity contribution in [1.29, 1.82) is 0 Å². The second kappa shape index (κ2) is 7.16. The first-order chi connectivity index (χ1) is 11.2. The van der Waals surface area contributed by atoms with Crippen LogP contribution in [0.2, 0.25) is 0 Å². The number of nitrogens with zero attached hydrogens (tertiary/aromatic N) is 3. The maximum atomic E-state index is 13.0. The van der Waals surface area contributed by atoms with Gasteiger partial charge in [0, 0.05) is 26.1 Å². The van der Waals surface area contributed by atoms with Gasteiger partial charge in [-0.25, -0.2) is 9.37 Å². The van der Waals surface area contributed by atoms with Crippen molar-refractivity contribution in [3.05, 3.63) is 47.3 Å². The van der Waals surface area contributed by atoms with Crippen LogP contribution in [0.4, 0.5) is 4.39 Å². The Morgan fingerprint density at radius 1 is 1.43 bits per heavy atom. The number of aliphatic hydroxyl groups excluding tert-OH is 1. The predicted octanol–water partition coefficient (Wildman–Crippen LogP) is 1.61. The van der Waals surface area contributed by atoms with Crippen LogP contribution in [0.15, 0.2) is 24.3 Å². The van der Waals surface area contributed by atoms with Crippen LogP contribution < -0.4 is 0 Å². The van der Waals surface area contributed by atoms with Gasteiger partial charge in [-0.2, -0.15) is 5.10 Å². The van der Waals surface area contributed by atoms with E-state index in [1.54, 1.807) is 12.1 Å². The fourth-order valence-corrected chi connectivity index (χ4v) is 2.67. The minimum absolute atomic E-state index is 0.194. The Labute approximate surface area is 134 Å². The minimum atomic E-state index is -0.660. The van der Waals surface area contributed by atoms with Gasteiger partial charge in [0.15, 0.2) is 5.82 Å². The largest absolute Gasteiger partial charge is 0.387 e. The summed E-state index contributed by atoms with van der Waals surface area (Å²) >= 11 is 0. The van der Waals surface area contributed by atoms with Crippen LogP contribution in [-0.4, -0.2) is 51.4 Å². The summed E-state index contributed by atoms with van der Waals surface area (Å²) in [4.78, 5) is 6.53. The molecule has 0 aliphatic carbocycles. The highest BCUT2D eigenvalue weighted by Gasteiger charge is 2.26. The van der Waals surface area contributed by atoms with Gasteiger partial charge in [-0.3, -0.25) is 10.00 Å². The molecule has 0 bridgehead atoms. The van der Waals surface area contributed by atoms with Gasteiger partial charge >= 0.3 is 0 Å². The number of hydrogen-bond acceptors (Lipinski definition) is 5. The van der Waals surface area contributed by atoms with E-state index in [2.05, 4.69) is 20.1 Å². The summed E-state index contributed by atoms with van der Waals surface area (Å²) in [6.45, 7) is 4.41. The molecule has 2 atom stereocenters. The monoisotopic (exact) mass is 320 g/mol. The van der Waals surface area contributed by atoms with Crippen LogP contribution in [0.3, 0.4) is 0 Å². The Kier molecular flexibility index (Phi) is 5.00. The predicted molar refractivity (Wildman–Crippen MR) is 82.3 cm³/mol. The molecule has 0 amide bonds. The Hall–Kier alpha value is -1.83. The van der Waals surface area contributed by atoms with Gasteiger partial charge in [0.1, 0.15) is 17.7 Å². The lowest BCUT2D eigenvalue weighted by atomic mass is 10.1. The third-order valence-electron chi connectivity index (χ3n) is 4.01. The van der Waals surface area contributed by atoms with E-state index >= 15 is 0 Å². The topological polar surface area (TPSA) is 74.3 Å². The summed E-state index contributed by atoms with van der Waals surface area (Å²) < 4.78 is 18.7. The molecule has 6 nitrogen and oxygen atoms in total. The molecular weight excluding hydrogens is 299 g/mol. The van der Waals surface area contributed by atoms with Gasteiger partial charge < -0.3 is 9.84 Å². The number of hydrogen-bond donors (Lipinski definition) is 2. The number of aliphatic hydroxyl groups is 1. The lowest BCUT2D eigenvalue weighted by Gasteiger charge is -2.32. The average molecular weight is 320 g/mol. The number of morpholine rings is 1. The SMILES string of the molecule is CCc1nc([C@@H]2CN(C[C@H](O)c3ccc(F)cc3)CCO2)n[nH]1. The summed E-state index contributed by atoms with van der Waals surface area (Å²) in [6.07, 6.45) is -0.0550. The van der Waals surface area contributed by atoms with E-state index in [9.17, 15) is 9.50 Å². The third-order valence-corrected chi connectivity index (χ3v) is 4.01. The minimum Gasteiger partial charge on any atom is -0.387 e. The van der Waals surface area contributed by atoms with E-state index in [1.807, 2.05) is 6.92 Å². The van der Waals surface area contributed by atoms with Gasteiger partial charge in [0.2, 0.25) is 0 Å². The molecule has 0 radical (unpaired) electrons. The van der Waals surface area contributed by atoms with Crippen LogP contribution in [0, 0.1) is 5.82 Å². The zero-order valence-corrected chi connectivity index (χ0v) is 13.1. The Balaban J connectivity index is 1.60. The highest BCUT2D eigenvalue weighted by Crippen LogP contribution is 2.22. The molecule has 0 unspecified atom stereocenters. The highest BCUT2D eigenvalue weighted by molar-refractivity contribution is 5.18. The number of aromatic amines is 1. The highest BCUT2D eigenvalue weighted by atomic mass is 19.1. The Bertz CT molecular complexity index is 631. The van der Waals surface area contributed by atoms with Gasteiger partial charge in [0.25, 0.3) is 0 Å². The summed E-state index contributed by atoms with van der Waals surface area (Å²) in [5.74, 6) is 1.19. The van der Waals surface area contributed by atoms with Crippen LogP contribution in [0.5, 0.6) is 0 Å². The fourth-order valence-electron chi connectivity index (χ4n) is 2.67. The van der Waals surface area contributed by atoms with E-state index in [1.165, 1.54) is 12.1 Å². The number of halogens is 1. The third kappa shape index (κ3) is 3.93. The molecule has 2 N–H and O–H groups in total. The second-order valence-electron chi connectivity index (χ2n) is 5.68. The van der Waals surface area contributed by atoms with Crippen molar-refractivity contribution < 1.29 is 14.2 Å². The molecule has 3 rings (SSSR count). The van der Waals surface area contributed by atoms with Gasteiger partial charge in [-0.05, 0) is 17.7 Å². The summed E-state index contributed by atoms with van der Waals surface area (Å²) in [5.41, 5.74) is 0.709. The molecule has 1 aromatic heterocycles. The van der Waals surface area contributed by atoms with E-state index in [0.29, 0.717) is 31.1 Å². The van der Waals surface area contributed by atoms with Gasteiger partial charge in [-0.1, -0.05) is 19.1 Å². The van der Waals surface area contributed by atoms with Crippen molar-refractivity contribution in [3.63, 3.8) is 0 Å². The first-order valence-corrected chi connectivity index (χ1v) is 7.84. The van der Waals surface area contributed by atoms with Gasteiger partial charge in [0.05, 0.1) is 12.7 Å². The molecule has 23 heavy (non-hydrogen) atoms. The lowest BCUT2D eigenvalue weighted by Crippen LogP contribution is -2.40. The van der Waals surface area contributed by atoms with E-state index in [4.69, 9.17) is 4.74 Å². The first-order valence-electron chi connectivity index (χ1n) is 7.84. The number of aromatic nitrogens is 3. The number of aryl methyl sites for hydroxylation is 1. The van der Waals surface area contributed by atoms with E-state index in [-0.39, 0.29) is 11.9 Å². The molecule has 2 aromatic rings. The van der Waals surface area contributed by atoms with Crippen molar-refractivity contribution in [1.82, 2.24) is 20.1 Å². The lowest BCUT2D eigenvalue weighted by molar-refractivity contribution is -0.0461. The van der Waals surface area contributed by atoms with Crippen molar-refractivity contribution in [3.8, 4) is 0 Å². The molecule has 2 heterocycles. The molecule has 7 heteroatoms. The number of nitrogens with one attached hydrogen (secondary N) is 1. The zero-order chi connectivity index (χ0) is 16.2. The van der Waals surface area contributed by atoms with Crippen LogP contribution in [-0.2, 0) is 11.2 Å². The maximum absolute atomic E-state index is 13.0. The molecule has 1 fully saturated rings. The zero-order valence-electron chi connectivity index (χ0n) is 13.1. The maximum Gasteiger partial charge on any atom is 0.180 e. The van der Waals surface area contributed by atoms with Gasteiger partial charge in [-0.15, -0.1) is 0 Å². The smallest absolute Gasteiger partial charge is 0.180 e. The van der Waals surface area contributed by atoms with E-state index in [0.717, 1.165) is 18.8 Å². The summed E-state index contributed by atoms with van der Waals surface area (Å²) in [6, 6.07) is 5.95. The van der Waals surface area contributed by atoms with E-state index < -0.39 is 6.10 Å². The number of ether oxygens (including phenoxy) is 1. The number of β-amino-alcohol motifs (C(OH)–C–C–N with tert-alkyl or cyclic N) is 1. The van der Waals surface area contributed by atoms with Crippen LogP contribution in [0.1, 0.15) is 36.3 Å². The van der Waals surface area contributed by atoms with Crippen LogP contribution >= 0.6 is 0 Å². The van der Waals surface area contributed by atoms with Crippen LogP contribution in [0.25, 0.3) is 0 Å². The summed E-state index contributed by atoms with van der Waals surface area (Å²) in [7, 11) is 0. The first kappa shape index (κ1) is 16.0. The molecular formula is C16H21FN4O2. The quantitative estimate of drug-likeness (QED) is 0.875. The Morgan fingerprint density at radius 2 is 2.22 bits per heavy atom. The molecule has 1 aromatic carbocycles. The van der Waals surface area contributed by atoms with Crippen molar-refractivity contribution >= 4 is 0 Å². The standard InChI is InChI=1S/C16H21FN4O2/c1-2-15-18-16(20-19-15)14-10-21(7-8-23-14)9-13(22)11-3-5-12(17)6-4-11/h3-6,13-14,22H,2,7-10H2,1H3,(H,18,19,20)/t13-,14-/m0/s1. The molecule has 1 aliphatic heterocycles. The molecule has 0 saturated carbocycles. The van der Waals surface area contributed by atoms with Crippen molar-refractivity contribution in [2.24, 2.45) is 0 Å². The number of benzene rings is 1. The normalized spacial score (nSPS) is 20.6. The number of H-pyrrole nitrogens is 1. The second-order valence-corrected chi connectivity index (χ2v) is 5.68. The molecule has 0 spiro atoms. The van der Waals surface area contributed by atoms with Crippen molar-refractivity contribution in [2.75, 3.05) is 26.2 Å². The van der Waals surface area contributed by atoms with Crippen molar-refractivity contribution in [2.45, 2.75) is 25.6 Å². The fraction of sp³-hybridized carbons (Fsp3) is 0.500. The Morgan fingerprint density at radius 3 is 2.91 bits per heavy atom. The number of rotatable bonds is 5. The molecule has 124 valence electrons. The molecule has 1 saturated heterocycles. The summed E-state index contributed by atoms with van der Waals surface area (Å²) in [5, 5.41) is 17.4.